The van der Waals surface area contributed by atoms with Gasteiger partial charge in [-0.3, -0.25) is 4.79 Å². The monoisotopic (exact) mass is 280 g/mol. The normalized spacial score (nSPS) is 11.2. The highest BCUT2D eigenvalue weighted by Crippen LogP contribution is 2.27. The summed E-state index contributed by atoms with van der Waals surface area (Å²) in [5.41, 5.74) is 1.60. The first-order valence-electron chi connectivity index (χ1n) is 6.04. The summed E-state index contributed by atoms with van der Waals surface area (Å²) in [6.45, 7) is 0. The van der Waals surface area contributed by atoms with Gasteiger partial charge in [0.1, 0.15) is 23.0 Å². The van der Waals surface area contributed by atoms with Gasteiger partial charge < -0.3 is 4.42 Å². The maximum atomic E-state index is 12.6. The van der Waals surface area contributed by atoms with E-state index < -0.39 is 0 Å². The molecule has 0 N–H and O–H groups in total. The van der Waals surface area contributed by atoms with Gasteiger partial charge in [-0.2, -0.15) is 0 Å². The predicted molar refractivity (Wildman–Crippen MR) is 78.9 cm³/mol. The van der Waals surface area contributed by atoms with Crippen molar-refractivity contribution in [3.63, 3.8) is 0 Å². The predicted octanol–water partition coefficient (Wildman–Crippen LogP) is 3.46. The molecule has 0 atom stereocenters. The molecule has 0 bridgehead atoms. The average Bonchev–Trinajstić information content (AvgIpc) is 2.97. The van der Waals surface area contributed by atoms with E-state index in [1.54, 1.807) is 12.1 Å². The fourth-order valence-corrected chi connectivity index (χ4v) is 2.98. The average molecular weight is 280 g/mol. The zero-order valence-corrected chi connectivity index (χ0v) is 11.1. The van der Waals surface area contributed by atoms with Crippen LogP contribution < -0.4 is 5.43 Å². The molecule has 4 nitrogen and oxygen atoms in total. The third-order valence-corrected chi connectivity index (χ3v) is 4.02. The van der Waals surface area contributed by atoms with Crippen molar-refractivity contribution in [2.45, 2.75) is 0 Å². The second-order valence-corrected chi connectivity index (χ2v) is 5.23. The van der Waals surface area contributed by atoms with Crippen molar-refractivity contribution in [2.24, 2.45) is 0 Å². The minimum Gasteiger partial charge on any atom is -0.463 e. The van der Waals surface area contributed by atoms with Crippen molar-refractivity contribution >= 4 is 32.5 Å². The number of hydrogen-bond donors (Lipinski definition) is 0. The van der Waals surface area contributed by atoms with Gasteiger partial charge in [0.2, 0.25) is 5.43 Å². The van der Waals surface area contributed by atoms with Crippen LogP contribution in [0.1, 0.15) is 0 Å². The minimum atomic E-state index is -0.0712. The first kappa shape index (κ1) is 11.3. The fourth-order valence-electron chi connectivity index (χ4n) is 2.25. The number of hydrogen-bond acceptors (Lipinski definition) is 5. The van der Waals surface area contributed by atoms with Crippen LogP contribution in [0.15, 0.2) is 57.5 Å². The van der Waals surface area contributed by atoms with Gasteiger partial charge in [0.25, 0.3) is 0 Å². The van der Waals surface area contributed by atoms with Crippen molar-refractivity contribution in [1.29, 1.82) is 0 Å². The second-order valence-electron chi connectivity index (χ2n) is 4.34. The lowest BCUT2D eigenvalue weighted by atomic mass is 10.1. The van der Waals surface area contributed by atoms with Crippen LogP contribution in [0, 0.1) is 0 Å². The highest BCUT2D eigenvalue weighted by atomic mass is 32.1. The van der Waals surface area contributed by atoms with Gasteiger partial charge in [-0.15, -0.1) is 11.3 Å². The molecule has 0 unspecified atom stereocenters. The van der Waals surface area contributed by atoms with Crippen LogP contribution in [0.5, 0.6) is 0 Å². The second kappa shape index (κ2) is 4.25. The van der Waals surface area contributed by atoms with Gasteiger partial charge in [0, 0.05) is 5.39 Å². The molecule has 0 amide bonds. The van der Waals surface area contributed by atoms with E-state index in [-0.39, 0.29) is 5.43 Å². The lowest BCUT2D eigenvalue weighted by molar-refractivity contribution is 0.604. The van der Waals surface area contributed by atoms with Crippen LogP contribution in [0.4, 0.5) is 0 Å². The SMILES string of the molecule is O=c1c(-c2ncnc3sccc23)coc2ccccc12. The number of fused-ring (bicyclic) bond motifs is 2. The Morgan fingerprint density at radius 2 is 1.95 bits per heavy atom. The van der Waals surface area contributed by atoms with Gasteiger partial charge in [0.05, 0.1) is 16.6 Å². The molecule has 3 aromatic heterocycles. The summed E-state index contributed by atoms with van der Waals surface area (Å²) in [6, 6.07) is 9.12. The van der Waals surface area contributed by atoms with Crippen molar-refractivity contribution in [2.75, 3.05) is 0 Å². The van der Waals surface area contributed by atoms with Crippen molar-refractivity contribution in [3.8, 4) is 11.3 Å². The van der Waals surface area contributed by atoms with Gasteiger partial charge in [-0.05, 0) is 23.6 Å². The number of rotatable bonds is 1. The Morgan fingerprint density at radius 3 is 2.90 bits per heavy atom. The van der Waals surface area contributed by atoms with E-state index >= 15 is 0 Å². The molecule has 0 aliphatic heterocycles. The molecule has 0 fully saturated rings. The summed E-state index contributed by atoms with van der Waals surface area (Å²) in [4.78, 5) is 21.9. The first-order chi connectivity index (χ1) is 9.84. The van der Waals surface area contributed by atoms with E-state index in [2.05, 4.69) is 9.97 Å². The third-order valence-electron chi connectivity index (χ3n) is 3.20. The molecule has 5 heteroatoms. The van der Waals surface area contributed by atoms with E-state index in [0.717, 1.165) is 10.2 Å². The van der Waals surface area contributed by atoms with Gasteiger partial charge in [0.15, 0.2) is 0 Å². The molecule has 4 aromatic rings. The Kier molecular flexibility index (Phi) is 2.40. The molecule has 0 saturated carbocycles. The Bertz CT molecular complexity index is 988. The Hall–Kier alpha value is -2.53. The summed E-state index contributed by atoms with van der Waals surface area (Å²) in [5.74, 6) is 0. The standard InChI is InChI=1S/C15H8N2O2S/c18-14-9-3-1-2-4-12(9)19-7-11(14)13-10-5-6-20-15(10)17-8-16-13/h1-8H. The topological polar surface area (TPSA) is 56.0 Å². The van der Waals surface area contributed by atoms with Crippen LogP contribution in [0.2, 0.25) is 0 Å². The van der Waals surface area contributed by atoms with Gasteiger partial charge in [-0.1, -0.05) is 12.1 Å². The molecule has 0 saturated heterocycles. The lowest BCUT2D eigenvalue weighted by Gasteiger charge is -2.02. The molecule has 0 aliphatic rings. The van der Waals surface area contributed by atoms with Crippen LogP contribution in [0.3, 0.4) is 0 Å². The van der Waals surface area contributed by atoms with Crippen LogP contribution in [0.25, 0.3) is 32.4 Å². The number of benzene rings is 1. The lowest BCUT2D eigenvalue weighted by Crippen LogP contribution is -2.05. The number of nitrogens with zero attached hydrogens (tertiary/aromatic N) is 2. The van der Waals surface area contributed by atoms with E-state index in [4.69, 9.17) is 4.42 Å². The molecule has 3 heterocycles. The summed E-state index contributed by atoms with van der Waals surface area (Å²) in [5, 5.41) is 3.37. The molecule has 0 radical (unpaired) electrons. The van der Waals surface area contributed by atoms with Gasteiger partial charge in [-0.25, -0.2) is 9.97 Å². The summed E-state index contributed by atoms with van der Waals surface area (Å²) >= 11 is 1.52. The van der Waals surface area contributed by atoms with Crippen LogP contribution >= 0.6 is 11.3 Å². The highest BCUT2D eigenvalue weighted by molar-refractivity contribution is 7.16. The first-order valence-corrected chi connectivity index (χ1v) is 6.92. The maximum Gasteiger partial charge on any atom is 0.202 e. The van der Waals surface area contributed by atoms with E-state index in [9.17, 15) is 4.79 Å². The summed E-state index contributed by atoms with van der Waals surface area (Å²) < 4.78 is 5.55. The molecule has 0 spiro atoms. The maximum absolute atomic E-state index is 12.6. The molecule has 1 aromatic carbocycles. The third kappa shape index (κ3) is 1.57. The summed E-state index contributed by atoms with van der Waals surface area (Å²) in [7, 11) is 0. The Labute approximate surface area is 117 Å². The quantitative estimate of drug-likeness (QED) is 0.535. The van der Waals surface area contributed by atoms with E-state index in [1.165, 1.54) is 23.9 Å². The molecule has 0 aliphatic carbocycles. The van der Waals surface area contributed by atoms with Gasteiger partial charge >= 0.3 is 0 Å². The van der Waals surface area contributed by atoms with E-state index in [0.29, 0.717) is 22.2 Å². The van der Waals surface area contributed by atoms with Crippen LogP contribution in [-0.2, 0) is 0 Å². The minimum absolute atomic E-state index is 0.0712. The van der Waals surface area contributed by atoms with Crippen LogP contribution in [-0.4, -0.2) is 9.97 Å². The molecule has 96 valence electrons. The zero-order valence-electron chi connectivity index (χ0n) is 10.2. The number of para-hydroxylation sites is 1. The van der Waals surface area contributed by atoms with E-state index in [1.807, 2.05) is 23.6 Å². The molecule has 4 rings (SSSR count). The number of aromatic nitrogens is 2. The van der Waals surface area contributed by atoms with Crippen molar-refractivity contribution in [3.05, 3.63) is 58.5 Å². The molecular weight excluding hydrogens is 272 g/mol. The Morgan fingerprint density at radius 1 is 1.05 bits per heavy atom. The Balaban J connectivity index is 2.10. The smallest absolute Gasteiger partial charge is 0.202 e. The fraction of sp³-hybridized carbons (Fsp3) is 0. The van der Waals surface area contributed by atoms with Crippen molar-refractivity contribution in [1.82, 2.24) is 9.97 Å². The molecular formula is C15H8N2O2S. The highest BCUT2D eigenvalue weighted by Gasteiger charge is 2.13. The zero-order chi connectivity index (χ0) is 13.5. The van der Waals surface area contributed by atoms with Crippen molar-refractivity contribution < 1.29 is 4.42 Å². The summed E-state index contributed by atoms with van der Waals surface area (Å²) in [6.07, 6.45) is 2.95. The number of thiophene rings is 1. The molecule has 20 heavy (non-hydrogen) atoms. The largest absolute Gasteiger partial charge is 0.463 e.